The molecule has 0 unspecified atom stereocenters. The van der Waals surface area contributed by atoms with Gasteiger partial charge < -0.3 is 11.1 Å². The van der Waals surface area contributed by atoms with Crippen LogP contribution in [0, 0.1) is 0 Å². The summed E-state index contributed by atoms with van der Waals surface area (Å²) < 4.78 is 0. The van der Waals surface area contributed by atoms with Crippen LogP contribution in [0.15, 0.2) is 24.3 Å². The quantitative estimate of drug-likeness (QED) is 0.813. The molecule has 0 aliphatic carbocycles. The van der Waals surface area contributed by atoms with Crippen LogP contribution >= 0.6 is 0 Å². The van der Waals surface area contributed by atoms with Crippen LogP contribution in [-0.4, -0.2) is 19.1 Å². The Labute approximate surface area is 109 Å². The van der Waals surface area contributed by atoms with Gasteiger partial charge in [0.2, 0.25) is 0 Å². The fourth-order valence-electron chi connectivity index (χ4n) is 1.71. The van der Waals surface area contributed by atoms with Crippen molar-refractivity contribution in [2.24, 2.45) is 5.73 Å². The maximum absolute atomic E-state index is 12.0. The summed E-state index contributed by atoms with van der Waals surface area (Å²) in [6.07, 6.45) is 1.87. The molecular formula is C14H23N3O. The molecule has 100 valence electrons. The highest BCUT2D eigenvalue weighted by Gasteiger charge is 2.13. The largest absolute Gasteiger partial charge is 0.338 e. The van der Waals surface area contributed by atoms with Gasteiger partial charge in [-0.15, -0.1) is 0 Å². The number of benzene rings is 1. The number of hydrogen-bond donors (Lipinski definition) is 2. The van der Waals surface area contributed by atoms with E-state index in [-0.39, 0.29) is 6.03 Å². The van der Waals surface area contributed by atoms with Gasteiger partial charge in [-0.2, -0.15) is 0 Å². The molecule has 2 amide bonds. The molecule has 4 nitrogen and oxygen atoms in total. The standard InChI is InChI=1S/C14H23N3O/c1-3-9-16-14(18)17(10-4-2)13-7-5-12(11-15)6-8-13/h5-8H,3-4,9-11,15H2,1-2H3,(H,16,18). The van der Waals surface area contributed by atoms with E-state index in [4.69, 9.17) is 5.73 Å². The molecule has 18 heavy (non-hydrogen) atoms. The number of nitrogens with two attached hydrogens (primary N) is 1. The third-order valence-electron chi connectivity index (χ3n) is 2.70. The summed E-state index contributed by atoms with van der Waals surface area (Å²) in [5, 5.41) is 2.91. The number of urea groups is 1. The number of carbonyl (C=O) groups excluding carboxylic acids is 1. The number of rotatable bonds is 6. The first-order chi connectivity index (χ1) is 8.72. The minimum absolute atomic E-state index is 0.0285. The van der Waals surface area contributed by atoms with Crippen molar-refractivity contribution in [2.45, 2.75) is 33.2 Å². The van der Waals surface area contributed by atoms with Crippen LogP contribution in [-0.2, 0) is 6.54 Å². The van der Waals surface area contributed by atoms with E-state index in [0.717, 1.165) is 30.6 Å². The molecule has 1 aromatic rings. The summed E-state index contributed by atoms with van der Waals surface area (Å²) in [5.74, 6) is 0. The normalized spacial score (nSPS) is 10.2. The minimum atomic E-state index is -0.0285. The summed E-state index contributed by atoms with van der Waals surface area (Å²) in [6.45, 7) is 6.06. The van der Waals surface area contributed by atoms with E-state index >= 15 is 0 Å². The van der Waals surface area contributed by atoms with Crippen molar-refractivity contribution in [3.8, 4) is 0 Å². The van der Waals surface area contributed by atoms with Gasteiger partial charge in [0, 0.05) is 25.3 Å². The first-order valence-corrected chi connectivity index (χ1v) is 6.57. The second kappa shape index (κ2) is 7.71. The van der Waals surface area contributed by atoms with Crippen molar-refractivity contribution in [3.63, 3.8) is 0 Å². The second-order valence-corrected chi connectivity index (χ2v) is 4.25. The van der Waals surface area contributed by atoms with Crippen molar-refractivity contribution in [1.29, 1.82) is 0 Å². The monoisotopic (exact) mass is 249 g/mol. The third kappa shape index (κ3) is 4.04. The Morgan fingerprint density at radius 3 is 2.39 bits per heavy atom. The molecule has 1 rings (SSSR count). The van der Waals surface area contributed by atoms with Gasteiger partial charge in [-0.3, -0.25) is 4.90 Å². The van der Waals surface area contributed by atoms with Crippen LogP contribution in [0.2, 0.25) is 0 Å². The van der Waals surface area contributed by atoms with E-state index in [0.29, 0.717) is 13.1 Å². The zero-order valence-electron chi connectivity index (χ0n) is 11.3. The Kier molecular flexibility index (Phi) is 6.22. The van der Waals surface area contributed by atoms with Gasteiger partial charge in [-0.05, 0) is 30.5 Å². The summed E-state index contributed by atoms with van der Waals surface area (Å²) in [7, 11) is 0. The smallest absolute Gasteiger partial charge is 0.321 e. The van der Waals surface area contributed by atoms with Crippen LogP contribution in [0.25, 0.3) is 0 Å². The molecule has 1 aromatic carbocycles. The number of nitrogens with zero attached hydrogens (tertiary/aromatic N) is 1. The Balaban J connectivity index is 2.78. The molecule has 3 N–H and O–H groups in total. The van der Waals surface area contributed by atoms with Crippen LogP contribution in [0.1, 0.15) is 32.3 Å². The average molecular weight is 249 g/mol. The highest BCUT2D eigenvalue weighted by Crippen LogP contribution is 2.15. The van der Waals surface area contributed by atoms with E-state index in [1.807, 2.05) is 31.2 Å². The van der Waals surface area contributed by atoms with Gasteiger partial charge in [0.25, 0.3) is 0 Å². The van der Waals surface area contributed by atoms with Crippen molar-refractivity contribution in [2.75, 3.05) is 18.0 Å². The lowest BCUT2D eigenvalue weighted by molar-refractivity contribution is 0.246. The van der Waals surface area contributed by atoms with Crippen LogP contribution in [0.5, 0.6) is 0 Å². The number of hydrogen-bond acceptors (Lipinski definition) is 2. The predicted octanol–water partition coefficient (Wildman–Crippen LogP) is 2.48. The van der Waals surface area contributed by atoms with Crippen molar-refractivity contribution < 1.29 is 4.79 Å². The second-order valence-electron chi connectivity index (χ2n) is 4.25. The van der Waals surface area contributed by atoms with Crippen LogP contribution < -0.4 is 16.0 Å². The van der Waals surface area contributed by atoms with E-state index in [9.17, 15) is 4.79 Å². The first-order valence-electron chi connectivity index (χ1n) is 6.57. The number of carbonyl (C=O) groups is 1. The van der Waals surface area contributed by atoms with Gasteiger partial charge in [0.05, 0.1) is 0 Å². The van der Waals surface area contributed by atoms with Gasteiger partial charge in [-0.25, -0.2) is 4.79 Å². The topological polar surface area (TPSA) is 58.4 Å². The number of anilines is 1. The fourth-order valence-corrected chi connectivity index (χ4v) is 1.71. The third-order valence-corrected chi connectivity index (χ3v) is 2.70. The van der Waals surface area contributed by atoms with Crippen LogP contribution in [0.3, 0.4) is 0 Å². The molecule has 0 radical (unpaired) electrons. The molecule has 0 fully saturated rings. The van der Waals surface area contributed by atoms with E-state index in [1.54, 1.807) is 4.90 Å². The fraction of sp³-hybridized carbons (Fsp3) is 0.500. The molecule has 0 aromatic heterocycles. The van der Waals surface area contributed by atoms with Crippen molar-refractivity contribution in [3.05, 3.63) is 29.8 Å². The maximum Gasteiger partial charge on any atom is 0.321 e. The SMILES string of the molecule is CCCNC(=O)N(CCC)c1ccc(CN)cc1. The highest BCUT2D eigenvalue weighted by atomic mass is 16.2. The van der Waals surface area contributed by atoms with Gasteiger partial charge >= 0.3 is 6.03 Å². The van der Waals surface area contributed by atoms with E-state index in [2.05, 4.69) is 12.2 Å². The van der Waals surface area contributed by atoms with Crippen molar-refractivity contribution in [1.82, 2.24) is 5.32 Å². The molecule has 0 heterocycles. The summed E-state index contributed by atoms with van der Waals surface area (Å²) in [6, 6.07) is 7.79. The van der Waals surface area contributed by atoms with Gasteiger partial charge in [-0.1, -0.05) is 26.0 Å². The molecule has 4 heteroatoms. The molecule has 0 bridgehead atoms. The molecule has 0 aliphatic rings. The summed E-state index contributed by atoms with van der Waals surface area (Å²) in [5.41, 5.74) is 7.56. The van der Waals surface area contributed by atoms with Gasteiger partial charge in [0.1, 0.15) is 0 Å². The van der Waals surface area contributed by atoms with E-state index < -0.39 is 0 Å². The molecular weight excluding hydrogens is 226 g/mol. The Bertz CT molecular complexity index is 362. The maximum atomic E-state index is 12.0. The molecule has 0 atom stereocenters. The van der Waals surface area contributed by atoms with E-state index in [1.165, 1.54) is 0 Å². The molecule has 0 saturated carbocycles. The predicted molar refractivity (Wildman–Crippen MR) is 75.7 cm³/mol. The first kappa shape index (κ1) is 14.5. The summed E-state index contributed by atoms with van der Waals surface area (Å²) >= 11 is 0. The molecule has 0 saturated heterocycles. The number of amides is 2. The minimum Gasteiger partial charge on any atom is -0.338 e. The lowest BCUT2D eigenvalue weighted by atomic mass is 10.2. The molecule has 0 spiro atoms. The lowest BCUT2D eigenvalue weighted by Crippen LogP contribution is -2.40. The highest BCUT2D eigenvalue weighted by molar-refractivity contribution is 5.91. The zero-order valence-corrected chi connectivity index (χ0v) is 11.3. The summed E-state index contributed by atoms with van der Waals surface area (Å²) in [4.78, 5) is 13.8. The Morgan fingerprint density at radius 2 is 1.89 bits per heavy atom. The zero-order chi connectivity index (χ0) is 13.4. The Hall–Kier alpha value is -1.55. The van der Waals surface area contributed by atoms with Crippen molar-refractivity contribution >= 4 is 11.7 Å². The lowest BCUT2D eigenvalue weighted by Gasteiger charge is -2.22. The average Bonchev–Trinajstić information content (AvgIpc) is 2.42. The van der Waals surface area contributed by atoms with Crippen LogP contribution in [0.4, 0.5) is 10.5 Å². The Morgan fingerprint density at radius 1 is 1.22 bits per heavy atom. The molecule has 0 aliphatic heterocycles. The van der Waals surface area contributed by atoms with Gasteiger partial charge in [0.15, 0.2) is 0 Å². The number of nitrogens with one attached hydrogen (secondary N) is 1.